The summed E-state index contributed by atoms with van der Waals surface area (Å²) in [5, 5.41) is 0. The standard InChI is InChI=1S/C23H25FN2O5S/c1-18-2-8-22(9-3-18)32(27,28)30-15-21-14-29-23(31-21,16-26-13-12-25-17-26)11-10-19-4-6-20(24)7-5-19/h2-9,12-13,17,21H,10-11,14-16H2,1H3/t21-,23+/m0/s1. The van der Waals surface area contributed by atoms with Crippen molar-refractivity contribution in [1.29, 1.82) is 0 Å². The Kier molecular flexibility index (Phi) is 6.71. The first-order chi connectivity index (χ1) is 15.3. The summed E-state index contributed by atoms with van der Waals surface area (Å²) in [6.45, 7) is 2.31. The van der Waals surface area contributed by atoms with Gasteiger partial charge in [-0.25, -0.2) is 9.37 Å². The fourth-order valence-electron chi connectivity index (χ4n) is 3.57. The maximum absolute atomic E-state index is 13.2. The highest BCUT2D eigenvalue weighted by Crippen LogP contribution is 2.31. The predicted molar refractivity (Wildman–Crippen MR) is 115 cm³/mol. The molecule has 2 heterocycles. The average Bonchev–Trinajstić information content (AvgIpc) is 3.43. The van der Waals surface area contributed by atoms with Crippen molar-refractivity contribution in [3.8, 4) is 0 Å². The van der Waals surface area contributed by atoms with Gasteiger partial charge in [0.15, 0.2) is 5.79 Å². The SMILES string of the molecule is Cc1ccc(S(=O)(=O)OC[C@@H]2CO[C@@](CCc3ccc(F)cc3)(Cn3ccnc3)O2)cc1. The highest BCUT2D eigenvalue weighted by molar-refractivity contribution is 7.86. The quantitative estimate of drug-likeness (QED) is 0.455. The molecule has 0 unspecified atom stereocenters. The van der Waals surface area contributed by atoms with Crippen LogP contribution in [0.15, 0.2) is 72.1 Å². The van der Waals surface area contributed by atoms with E-state index >= 15 is 0 Å². The topological polar surface area (TPSA) is 79.7 Å². The molecule has 0 amide bonds. The van der Waals surface area contributed by atoms with Crippen LogP contribution in [-0.4, -0.2) is 43.1 Å². The van der Waals surface area contributed by atoms with Crippen molar-refractivity contribution >= 4 is 10.1 Å². The van der Waals surface area contributed by atoms with E-state index in [0.29, 0.717) is 19.4 Å². The average molecular weight is 461 g/mol. The molecule has 0 aliphatic carbocycles. The summed E-state index contributed by atoms with van der Waals surface area (Å²) in [5.41, 5.74) is 1.91. The van der Waals surface area contributed by atoms with Crippen LogP contribution >= 0.6 is 0 Å². The summed E-state index contributed by atoms with van der Waals surface area (Å²) in [6, 6.07) is 12.8. The zero-order valence-electron chi connectivity index (χ0n) is 17.7. The third kappa shape index (κ3) is 5.60. The van der Waals surface area contributed by atoms with Gasteiger partial charge in [0.1, 0.15) is 11.9 Å². The van der Waals surface area contributed by atoms with Gasteiger partial charge in [0.25, 0.3) is 10.1 Å². The van der Waals surface area contributed by atoms with E-state index < -0.39 is 22.0 Å². The molecular weight excluding hydrogens is 435 g/mol. The summed E-state index contributed by atoms with van der Waals surface area (Å²) in [4.78, 5) is 4.16. The summed E-state index contributed by atoms with van der Waals surface area (Å²) in [5.74, 6) is -1.27. The molecule has 3 aromatic rings. The predicted octanol–water partition coefficient (Wildman–Crippen LogP) is 3.48. The second-order valence-corrected chi connectivity index (χ2v) is 9.49. The van der Waals surface area contributed by atoms with Crippen molar-refractivity contribution in [3.05, 3.63) is 84.2 Å². The molecule has 1 aliphatic heterocycles. The van der Waals surface area contributed by atoms with Crippen LogP contribution in [0.2, 0.25) is 0 Å². The van der Waals surface area contributed by atoms with Gasteiger partial charge < -0.3 is 14.0 Å². The van der Waals surface area contributed by atoms with Gasteiger partial charge >= 0.3 is 0 Å². The fraction of sp³-hybridized carbons (Fsp3) is 0.348. The summed E-state index contributed by atoms with van der Waals surface area (Å²) < 4.78 is 57.5. The van der Waals surface area contributed by atoms with Crippen molar-refractivity contribution < 1.29 is 26.5 Å². The first-order valence-electron chi connectivity index (χ1n) is 10.3. The smallest absolute Gasteiger partial charge is 0.297 e. The number of halogens is 1. The number of nitrogens with zero attached hydrogens (tertiary/aromatic N) is 2. The van der Waals surface area contributed by atoms with Crippen molar-refractivity contribution in [2.45, 2.75) is 43.1 Å². The van der Waals surface area contributed by atoms with E-state index in [1.54, 1.807) is 43.0 Å². The molecule has 1 aliphatic rings. The molecule has 1 saturated heterocycles. The van der Waals surface area contributed by atoms with Crippen molar-refractivity contribution in [3.63, 3.8) is 0 Å². The Morgan fingerprint density at radius 1 is 1.19 bits per heavy atom. The Morgan fingerprint density at radius 3 is 2.62 bits per heavy atom. The van der Waals surface area contributed by atoms with Gasteiger partial charge in [-0.1, -0.05) is 29.8 Å². The molecular formula is C23H25FN2O5S. The Hall–Kier alpha value is -2.59. The Balaban J connectivity index is 1.42. The minimum absolute atomic E-state index is 0.100. The van der Waals surface area contributed by atoms with Crippen LogP contribution in [0.1, 0.15) is 17.5 Å². The van der Waals surface area contributed by atoms with E-state index in [0.717, 1.165) is 11.1 Å². The largest absolute Gasteiger partial charge is 0.345 e. The number of ether oxygens (including phenoxy) is 2. The van der Waals surface area contributed by atoms with Gasteiger partial charge in [-0.15, -0.1) is 0 Å². The van der Waals surface area contributed by atoms with E-state index in [2.05, 4.69) is 4.98 Å². The lowest BCUT2D eigenvalue weighted by atomic mass is 10.0. The van der Waals surface area contributed by atoms with Crippen LogP contribution in [0.3, 0.4) is 0 Å². The van der Waals surface area contributed by atoms with E-state index in [-0.39, 0.29) is 23.9 Å². The molecule has 0 N–H and O–H groups in total. The highest BCUT2D eigenvalue weighted by Gasteiger charge is 2.42. The molecule has 0 spiro atoms. The van der Waals surface area contributed by atoms with Gasteiger partial charge in [-0.05, 0) is 43.2 Å². The van der Waals surface area contributed by atoms with Gasteiger partial charge in [0.2, 0.25) is 0 Å². The number of hydrogen-bond acceptors (Lipinski definition) is 6. The third-order valence-electron chi connectivity index (χ3n) is 5.32. The number of hydrogen-bond donors (Lipinski definition) is 0. The first-order valence-corrected chi connectivity index (χ1v) is 11.7. The molecule has 1 fully saturated rings. The molecule has 7 nitrogen and oxygen atoms in total. The van der Waals surface area contributed by atoms with E-state index in [4.69, 9.17) is 13.7 Å². The van der Waals surface area contributed by atoms with Crippen molar-refractivity contribution in [1.82, 2.24) is 9.55 Å². The lowest BCUT2D eigenvalue weighted by Gasteiger charge is -2.28. The minimum Gasteiger partial charge on any atom is -0.345 e. The molecule has 9 heteroatoms. The van der Waals surface area contributed by atoms with Crippen LogP contribution in [-0.2, 0) is 36.7 Å². The Morgan fingerprint density at radius 2 is 1.94 bits per heavy atom. The van der Waals surface area contributed by atoms with Crippen LogP contribution in [0.5, 0.6) is 0 Å². The van der Waals surface area contributed by atoms with Crippen LogP contribution in [0.4, 0.5) is 4.39 Å². The lowest BCUT2D eigenvalue weighted by Crippen LogP contribution is -2.37. The number of aryl methyl sites for hydroxylation is 2. The van der Waals surface area contributed by atoms with Gasteiger partial charge in [-0.3, -0.25) is 4.18 Å². The molecule has 0 saturated carbocycles. The highest BCUT2D eigenvalue weighted by atomic mass is 32.2. The fourth-order valence-corrected chi connectivity index (χ4v) is 4.51. The van der Waals surface area contributed by atoms with Crippen LogP contribution in [0, 0.1) is 12.7 Å². The van der Waals surface area contributed by atoms with Gasteiger partial charge in [-0.2, -0.15) is 8.42 Å². The molecule has 170 valence electrons. The Bertz CT molecular complexity index is 1120. The van der Waals surface area contributed by atoms with Crippen molar-refractivity contribution in [2.75, 3.05) is 13.2 Å². The maximum atomic E-state index is 13.2. The Labute approximate surface area is 186 Å². The van der Waals surface area contributed by atoms with E-state index in [1.165, 1.54) is 24.3 Å². The monoisotopic (exact) mass is 460 g/mol. The molecule has 2 aromatic carbocycles. The number of rotatable bonds is 9. The summed E-state index contributed by atoms with van der Waals surface area (Å²) in [6.07, 6.45) is 5.68. The molecule has 0 radical (unpaired) electrons. The number of aromatic nitrogens is 2. The van der Waals surface area contributed by atoms with Crippen LogP contribution < -0.4 is 0 Å². The zero-order chi connectivity index (χ0) is 22.6. The van der Waals surface area contributed by atoms with E-state index in [1.807, 2.05) is 11.5 Å². The van der Waals surface area contributed by atoms with Gasteiger partial charge in [0.05, 0.1) is 31.0 Å². The summed E-state index contributed by atoms with van der Waals surface area (Å²) >= 11 is 0. The normalized spacial score (nSPS) is 21.1. The zero-order valence-corrected chi connectivity index (χ0v) is 18.5. The summed E-state index contributed by atoms with van der Waals surface area (Å²) in [7, 11) is -3.90. The minimum atomic E-state index is -3.90. The third-order valence-corrected chi connectivity index (χ3v) is 6.62. The van der Waals surface area contributed by atoms with Crippen molar-refractivity contribution in [2.24, 2.45) is 0 Å². The molecule has 4 rings (SSSR count). The number of imidazole rings is 1. The molecule has 0 bridgehead atoms. The molecule has 32 heavy (non-hydrogen) atoms. The molecule has 1 aromatic heterocycles. The number of benzene rings is 2. The van der Waals surface area contributed by atoms with E-state index in [9.17, 15) is 12.8 Å². The maximum Gasteiger partial charge on any atom is 0.297 e. The van der Waals surface area contributed by atoms with Gasteiger partial charge in [0, 0.05) is 18.8 Å². The van der Waals surface area contributed by atoms with Crippen LogP contribution in [0.25, 0.3) is 0 Å². The lowest BCUT2D eigenvalue weighted by molar-refractivity contribution is -0.184. The first kappa shape index (κ1) is 22.6. The molecule has 2 atom stereocenters. The second-order valence-electron chi connectivity index (χ2n) is 7.87. The second kappa shape index (κ2) is 9.50.